The van der Waals surface area contributed by atoms with Crippen LogP contribution in [0.2, 0.25) is 0 Å². The Morgan fingerprint density at radius 3 is 1.68 bits per heavy atom. The molecule has 1 heteroatoms. The molecular weight excluding hydrogens is 227 g/mol. The molecule has 0 aromatic heterocycles. The molecule has 0 N–H and O–H groups in total. The molecule has 0 aliphatic rings. The minimum absolute atomic E-state index is 1.26. The highest BCUT2D eigenvalue weighted by molar-refractivity contribution is 6.32. The number of rotatable bonds is 2. The van der Waals surface area contributed by atoms with Gasteiger partial charge < -0.3 is 0 Å². The topological polar surface area (TPSA) is 0 Å². The largest absolute Gasteiger partial charge is 0.139 e. The molecule has 0 nitrogen and oxygen atoms in total. The third kappa shape index (κ3) is 2.60. The highest BCUT2D eigenvalue weighted by Gasteiger charge is 2.01. The average molecular weight is 242 g/mol. The monoisotopic (exact) mass is 242 g/mol. The van der Waals surface area contributed by atoms with Gasteiger partial charge in [0, 0.05) is 0 Å². The Morgan fingerprint density at radius 2 is 1.00 bits per heavy atom. The van der Waals surface area contributed by atoms with Crippen molar-refractivity contribution in [3.05, 3.63) is 78.9 Å². The molecule has 0 spiro atoms. The highest BCUT2D eigenvalue weighted by Crippen LogP contribution is 2.25. The molecule has 0 aliphatic carbocycles. The summed E-state index contributed by atoms with van der Waals surface area (Å²) in [6.45, 7) is 0. The molecule has 0 aliphatic heterocycles. The number of hydrogen-bond donors (Lipinski definition) is 0. The smallest absolute Gasteiger partial charge is 0.0884 e. The summed E-state index contributed by atoms with van der Waals surface area (Å²) in [5.41, 5.74) is 6.36. The van der Waals surface area contributed by atoms with Crippen LogP contribution < -0.4 is 5.46 Å². The molecule has 3 aromatic carbocycles. The molecular formula is C18H15B. The van der Waals surface area contributed by atoms with Gasteiger partial charge in [0.1, 0.15) is 7.85 Å². The second-order valence-electron chi connectivity index (χ2n) is 4.82. The molecule has 0 saturated carbocycles. The lowest BCUT2D eigenvalue weighted by atomic mass is 9.91. The minimum atomic E-state index is 1.26. The van der Waals surface area contributed by atoms with Crippen LogP contribution in [0.15, 0.2) is 78.9 Å². The van der Waals surface area contributed by atoms with Gasteiger partial charge >= 0.3 is 0 Å². The zero-order valence-corrected chi connectivity index (χ0v) is 11.0. The van der Waals surface area contributed by atoms with E-state index in [0.717, 1.165) is 0 Å². The first kappa shape index (κ1) is 11.8. The van der Waals surface area contributed by atoms with E-state index in [-0.39, 0.29) is 0 Å². The van der Waals surface area contributed by atoms with Crippen LogP contribution in [0.4, 0.5) is 0 Å². The van der Waals surface area contributed by atoms with Crippen LogP contribution in [-0.4, -0.2) is 7.85 Å². The molecule has 19 heavy (non-hydrogen) atoms. The van der Waals surface area contributed by atoms with Gasteiger partial charge in [-0.05, 0) is 28.3 Å². The van der Waals surface area contributed by atoms with Gasteiger partial charge in [0.2, 0.25) is 0 Å². The molecule has 3 aromatic rings. The van der Waals surface area contributed by atoms with Crippen molar-refractivity contribution in [2.24, 2.45) is 0 Å². The number of benzene rings is 3. The summed E-state index contributed by atoms with van der Waals surface area (Å²) >= 11 is 0. The van der Waals surface area contributed by atoms with Crippen molar-refractivity contribution in [2.45, 2.75) is 0 Å². The van der Waals surface area contributed by atoms with Gasteiger partial charge in [-0.1, -0.05) is 78.3 Å². The second kappa shape index (κ2) is 5.15. The summed E-state index contributed by atoms with van der Waals surface area (Å²) in [6, 6.07) is 27.8. The maximum atomic E-state index is 2.25. The van der Waals surface area contributed by atoms with Gasteiger partial charge in [0.15, 0.2) is 0 Å². The average Bonchev–Trinajstić information content (AvgIpc) is 2.48. The minimum Gasteiger partial charge on any atom is -0.0884 e. The molecule has 0 fully saturated rings. The zero-order chi connectivity index (χ0) is 13.1. The van der Waals surface area contributed by atoms with Crippen molar-refractivity contribution in [2.75, 3.05) is 0 Å². The van der Waals surface area contributed by atoms with Gasteiger partial charge in [0.05, 0.1) is 0 Å². The molecule has 90 valence electrons. The first-order valence-corrected chi connectivity index (χ1v) is 6.55. The van der Waals surface area contributed by atoms with E-state index in [9.17, 15) is 0 Å². The van der Waals surface area contributed by atoms with Crippen molar-refractivity contribution >= 4 is 13.3 Å². The Bertz CT molecular complexity index is 687. The van der Waals surface area contributed by atoms with Crippen LogP contribution >= 0.6 is 0 Å². The van der Waals surface area contributed by atoms with E-state index in [4.69, 9.17) is 0 Å². The quantitative estimate of drug-likeness (QED) is 0.605. The summed E-state index contributed by atoms with van der Waals surface area (Å²) in [5, 5.41) is 0. The Balaban J connectivity index is 2.06. The van der Waals surface area contributed by atoms with E-state index in [0.29, 0.717) is 0 Å². The van der Waals surface area contributed by atoms with Crippen LogP contribution in [0.3, 0.4) is 0 Å². The normalized spacial score (nSPS) is 10.3. The van der Waals surface area contributed by atoms with Gasteiger partial charge in [0.25, 0.3) is 0 Å². The van der Waals surface area contributed by atoms with Crippen LogP contribution in [0.1, 0.15) is 0 Å². The fourth-order valence-electron chi connectivity index (χ4n) is 2.33. The van der Waals surface area contributed by atoms with Crippen molar-refractivity contribution in [3.8, 4) is 22.3 Å². The lowest BCUT2D eigenvalue weighted by Gasteiger charge is -2.06. The molecule has 0 bridgehead atoms. The fourth-order valence-corrected chi connectivity index (χ4v) is 2.33. The first-order chi connectivity index (χ1) is 9.33. The Labute approximate surface area is 115 Å². The Hall–Kier alpha value is -2.28. The van der Waals surface area contributed by atoms with Gasteiger partial charge in [-0.3, -0.25) is 0 Å². The van der Waals surface area contributed by atoms with E-state index < -0.39 is 0 Å². The predicted octanol–water partition coefficient (Wildman–Crippen LogP) is 3.28. The second-order valence-corrected chi connectivity index (χ2v) is 4.82. The molecule has 0 radical (unpaired) electrons. The molecule has 0 saturated heterocycles. The predicted molar refractivity (Wildman–Crippen MR) is 85.5 cm³/mol. The molecule has 0 atom stereocenters. The van der Waals surface area contributed by atoms with E-state index in [1.165, 1.54) is 27.7 Å². The SMILES string of the molecule is Bc1cccc(-c2cccc(-c3ccccc3)c2)c1. The van der Waals surface area contributed by atoms with Crippen molar-refractivity contribution < 1.29 is 0 Å². The van der Waals surface area contributed by atoms with Gasteiger partial charge in [-0.15, -0.1) is 0 Å². The summed E-state index contributed by atoms with van der Waals surface area (Å²) in [7, 11) is 2.13. The maximum Gasteiger partial charge on any atom is 0.139 e. The summed E-state index contributed by atoms with van der Waals surface area (Å²) in [4.78, 5) is 0. The zero-order valence-electron chi connectivity index (χ0n) is 11.0. The third-order valence-corrected chi connectivity index (χ3v) is 3.32. The Morgan fingerprint density at radius 1 is 0.474 bits per heavy atom. The van der Waals surface area contributed by atoms with E-state index in [2.05, 4.69) is 80.6 Å². The summed E-state index contributed by atoms with van der Waals surface area (Å²) in [6.07, 6.45) is 0. The van der Waals surface area contributed by atoms with Crippen LogP contribution in [0.5, 0.6) is 0 Å². The molecule has 0 amide bonds. The van der Waals surface area contributed by atoms with Crippen LogP contribution in [0, 0.1) is 0 Å². The van der Waals surface area contributed by atoms with Gasteiger partial charge in [-0.2, -0.15) is 0 Å². The summed E-state index contributed by atoms with van der Waals surface area (Å²) in [5.74, 6) is 0. The summed E-state index contributed by atoms with van der Waals surface area (Å²) < 4.78 is 0. The lowest BCUT2D eigenvalue weighted by molar-refractivity contribution is 1.60. The van der Waals surface area contributed by atoms with Crippen LogP contribution in [-0.2, 0) is 0 Å². The molecule has 0 heterocycles. The molecule has 0 unspecified atom stereocenters. The lowest BCUT2D eigenvalue weighted by Crippen LogP contribution is -2.00. The Kier molecular flexibility index (Phi) is 3.20. The van der Waals surface area contributed by atoms with E-state index in [1.54, 1.807) is 0 Å². The molecule has 3 rings (SSSR count). The highest BCUT2D eigenvalue weighted by atomic mass is 14.0. The maximum absolute atomic E-state index is 2.25. The van der Waals surface area contributed by atoms with Crippen LogP contribution in [0.25, 0.3) is 22.3 Å². The fraction of sp³-hybridized carbons (Fsp3) is 0. The number of hydrogen-bond acceptors (Lipinski definition) is 0. The van der Waals surface area contributed by atoms with Gasteiger partial charge in [-0.25, -0.2) is 0 Å². The standard InChI is InChI=1S/C18H15B/c19-18-11-5-10-17(13-18)16-9-4-8-15(12-16)14-6-2-1-3-7-14/h1-13H,19H2. The van der Waals surface area contributed by atoms with Crippen molar-refractivity contribution in [1.82, 2.24) is 0 Å². The van der Waals surface area contributed by atoms with Crippen molar-refractivity contribution in [3.63, 3.8) is 0 Å². The van der Waals surface area contributed by atoms with E-state index in [1.807, 2.05) is 6.07 Å². The van der Waals surface area contributed by atoms with E-state index >= 15 is 0 Å². The van der Waals surface area contributed by atoms with Crippen molar-refractivity contribution in [1.29, 1.82) is 0 Å². The first-order valence-electron chi connectivity index (χ1n) is 6.55. The third-order valence-electron chi connectivity index (χ3n) is 3.32.